The van der Waals surface area contributed by atoms with Gasteiger partial charge in [0.25, 0.3) is 0 Å². The van der Waals surface area contributed by atoms with E-state index in [0.717, 1.165) is 50.9 Å². The molecule has 0 bridgehead atoms. The van der Waals surface area contributed by atoms with E-state index in [1.165, 1.54) is 85.8 Å². The predicted molar refractivity (Wildman–Crippen MR) is 308 cm³/mol. The van der Waals surface area contributed by atoms with Gasteiger partial charge in [-0.2, -0.15) is 0 Å². The van der Waals surface area contributed by atoms with Gasteiger partial charge in [0.2, 0.25) is 0 Å². The number of hydrogen-bond donors (Lipinski definition) is 0. The van der Waals surface area contributed by atoms with E-state index in [1.807, 2.05) is 11.3 Å². The van der Waals surface area contributed by atoms with E-state index >= 15 is 0 Å². The van der Waals surface area contributed by atoms with Gasteiger partial charge in [-0.1, -0.05) is 176 Å². The van der Waals surface area contributed by atoms with Gasteiger partial charge in [0.15, 0.2) is 0 Å². The van der Waals surface area contributed by atoms with Gasteiger partial charge in [0, 0.05) is 76.0 Å². The van der Waals surface area contributed by atoms with Crippen LogP contribution in [0.3, 0.4) is 0 Å². The van der Waals surface area contributed by atoms with Crippen molar-refractivity contribution in [3.8, 4) is 39.1 Å². The first-order valence-electron chi connectivity index (χ1n) is 24.7. The summed E-state index contributed by atoms with van der Waals surface area (Å²) in [5.41, 5.74) is 17.4. The van der Waals surface area contributed by atoms with Crippen LogP contribution < -0.4 is 9.80 Å². The lowest BCUT2D eigenvalue weighted by molar-refractivity contribution is 1.18. The fraction of sp³-hybridized carbons (Fsp3) is 0. The lowest BCUT2D eigenvalue weighted by Crippen LogP contribution is -2.14. The lowest BCUT2D eigenvalue weighted by atomic mass is 9.97. The number of rotatable bonds is 8. The van der Waals surface area contributed by atoms with Crippen LogP contribution in [0.2, 0.25) is 0 Å². The van der Waals surface area contributed by atoms with Crippen molar-refractivity contribution in [2.45, 2.75) is 0 Å². The molecule has 4 heteroatoms. The van der Waals surface area contributed by atoms with Crippen LogP contribution >= 0.6 is 11.3 Å². The smallest absolute Gasteiger partial charge is 0.0619 e. The minimum absolute atomic E-state index is 1.05. The molecule has 2 heterocycles. The molecule has 15 rings (SSSR count). The monoisotopic (exact) mass is 933 g/mol. The van der Waals surface area contributed by atoms with Gasteiger partial charge < -0.3 is 14.4 Å². The number of anilines is 6. The minimum atomic E-state index is 1.05. The molecule has 0 aliphatic heterocycles. The summed E-state index contributed by atoms with van der Waals surface area (Å²) >= 11 is 1.86. The molecule has 0 saturated heterocycles. The van der Waals surface area contributed by atoms with Gasteiger partial charge in [-0.25, -0.2) is 0 Å². The quantitative estimate of drug-likeness (QED) is 0.150. The zero-order valence-electron chi connectivity index (χ0n) is 39.1. The third kappa shape index (κ3) is 6.23. The first-order chi connectivity index (χ1) is 35.7. The Morgan fingerprint density at radius 2 is 0.889 bits per heavy atom. The summed E-state index contributed by atoms with van der Waals surface area (Å²) in [4.78, 5) is 4.93. The summed E-state index contributed by atoms with van der Waals surface area (Å²) in [6.45, 7) is 0. The zero-order valence-corrected chi connectivity index (χ0v) is 39.9. The molecular formula is C68H43N3S. The van der Waals surface area contributed by atoms with E-state index in [0.29, 0.717) is 0 Å². The van der Waals surface area contributed by atoms with Crippen LogP contribution in [0.1, 0.15) is 0 Å². The Bertz CT molecular complexity index is 4430. The number of hydrogen-bond acceptors (Lipinski definition) is 3. The normalized spacial score (nSPS) is 11.9. The molecule has 0 amide bonds. The maximum atomic E-state index is 2.49. The van der Waals surface area contributed by atoms with Crippen LogP contribution in [0.25, 0.3) is 103 Å². The van der Waals surface area contributed by atoms with Gasteiger partial charge in [-0.15, -0.1) is 11.3 Å². The first-order valence-corrected chi connectivity index (χ1v) is 25.5. The van der Waals surface area contributed by atoms with Gasteiger partial charge in [-0.05, 0) is 129 Å². The highest BCUT2D eigenvalue weighted by atomic mass is 32.1. The second-order valence-corrected chi connectivity index (χ2v) is 19.9. The molecule has 0 N–H and O–H groups in total. The molecule has 336 valence electrons. The van der Waals surface area contributed by atoms with Crippen molar-refractivity contribution >= 4 is 109 Å². The van der Waals surface area contributed by atoms with E-state index in [4.69, 9.17) is 0 Å². The van der Waals surface area contributed by atoms with E-state index in [2.05, 4.69) is 275 Å². The molecule has 14 aromatic rings. The molecule has 0 radical (unpaired) electrons. The van der Waals surface area contributed by atoms with Gasteiger partial charge in [0.1, 0.15) is 0 Å². The van der Waals surface area contributed by atoms with Crippen molar-refractivity contribution in [1.29, 1.82) is 0 Å². The Morgan fingerprint density at radius 3 is 1.67 bits per heavy atom. The summed E-state index contributed by atoms with van der Waals surface area (Å²) in [5, 5.41) is 10.0. The Kier molecular flexibility index (Phi) is 9.13. The third-order valence-electron chi connectivity index (χ3n) is 14.8. The summed E-state index contributed by atoms with van der Waals surface area (Å²) in [7, 11) is 0. The Balaban J connectivity index is 1.05. The number of nitrogens with zero attached hydrogens (tertiary/aromatic N) is 3. The van der Waals surface area contributed by atoms with Crippen molar-refractivity contribution < 1.29 is 0 Å². The highest BCUT2D eigenvalue weighted by molar-refractivity contribution is 7.25. The Labute approximate surface area is 420 Å². The molecule has 0 unspecified atom stereocenters. The van der Waals surface area contributed by atoms with Crippen LogP contribution in [-0.2, 0) is 0 Å². The summed E-state index contributed by atoms with van der Waals surface area (Å²) in [5.74, 6) is 0. The largest absolute Gasteiger partial charge is 0.310 e. The number of para-hydroxylation sites is 4. The fourth-order valence-electron chi connectivity index (χ4n) is 11.8. The number of fused-ring (bicyclic) bond motifs is 11. The van der Waals surface area contributed by atoms with Crippen LogP contribution in [0, 0.1) is 0 Å². The molecule has 1 aliphatic carbocycles. The fourth-order valence-corrected chi connectivity index (χ4v) is 12.9. The minimum Gasteiger partial charge on any atom is -0.310 e. The lowest BCUT2D eigenvalue weighted by Gasteiger charge is -2.31. The molecule has 2 aromatic heterocycles. The van der Waals surface area contributed by atoms with E-state index in [-0.39, 0.29) is 0 Å². The molecule has 0 saturated carbocycles. The Hall–Kier alpha value is -9.22. The third-order valence-corrected chi connectivity index (χ3v) is 16.0. The highest BCUT2D eigenvalue weighted by Crippen LogP contribution is 2.53. The van der Waals surface area contributed by atoms with Gasteiger partial charge in [0.05, 0.1) is 16.7 Å². The van der Waals surface area contributed by atoms with E-state index < -0.39 is 0 Å². The molecule has 1 aliphatic rings. The molecular weight excluding hydrogens is 891 g/mol. The molecule has 0 fully saturated rings. The van der Waals surface area contributed by atoms with Gasteiger partial charge >= 0.3 is 0 Å². The molecule has 0 atom stereocenters. The maximum Gasteiger partial charge on any atom is 0.0619 e. The zero-order chi connectivity index (χ0) is 47.3. The topological polar surface area (TPSA) is 11.4 Å². The molecule has 72 heavy (non-hydrogen) atoms. The van der Waals surface area contributed by atoms with Crippen molar-refractivity contribution in [2.75, 3.05) is 9.80 Å². The van der Waals surface area contributed by atoms with Crippen molar-refractivity contribution in [3.05, 3.63) is 261 Å². The van der Waals surface area contributed by atoms with Crippen LogP contribution in [0.4, 0.5) is 34.1 Å². The second-order valence-electron chi connectivity index (χ2n) is 18.8. The van der Waals surface area contributed by atoms with Crippen molar-refractivity contribution in [3.63, 3.8) is 0 Å². The second kappa shape index (κ2) is 16.2. The van der Waals surface area contributed by atoms with Crippen molar-refractivity contribution in [2.24, 2.45) is 0 Å². The summed E-state index contributed by atoms with van der Waals surface area (Å²) in [6, 6.07) is 96.3. The molecule has 0 spiro atoms. The molecule has 3 nitrogen and oxygen atoms in total. The average molecular weight is 934 g/mol. The Morgan fingerprint density at radius 1 is 0.306 bits per heavy atom. The highest BCUT2D eigenvalue weighted by Gasteiger charge is 2.27. The molecule has 12 aromatic carbocycles. The standard InChI is InChI=1S/C68H43N3S/c1-4-19-46(20-5-1)69(49-35-36-57-56-28-14-15-33-64(56)72-65(57)43-49)50-40-45(53-29-16-32-61-67-52-25-11-10-18-44(52)34-38-63(67)71(68(53)61)48-23-8-3-9-24-48)41-51(42-50)70(47-21-6-2-7-22-47)62-39-37-59-55-27-13-12-26-54(55)58-30-17-31-60(62)66(58)59/h1-43H. The van der Waals surface area contributed by atoms with Crippen LogP contribution in [0.15, 0.2) is 261 Å². The average Bonchev–Trinajstić information content (AvgIpc) is 4.11. The summed E-state index contributed by atoms with van der Waals surface area (Å²) < 4.78 is 5.04. The van der Waals surface area contributed by atoms with E-state index in [1.54, 1.807) is 0 Å². The first kappa shape index (κ1) is 40.6. The van der Waals surface area contributed by atoms with Crippen molar-refractivity contribution in [1.82, 2.24) is 4.57 Å². The van der Waals surface area contributed by atoms with E-state index in [9.17, 15) is 0 Å². The SMILES string of the molecule is c1ccc(N(c2cc(-c3cccc4c5c6ccccc6ccc5n(-c5ccccc5)c34)cc(N(c3ccccc3)c3ccc4c5c(cccc35)-c3ccccc3-4)c2)c2ccc3c(c2)sc2ccccc23)cc1. The van der Waals surface area contributed by atoms with Gasteiger partial charge in [-0.3, -0.25) is 0 Å². The predicted octanol–water partition coefficient (Wildman–Crippen LogP) is 19.7. The number of benzene rings is 12. The number of aromatic nitrogens is 1. The number of thiophene rings is 1. The maximum absolute atomic E-state index is 2.49. The summed E-state index contributed by atoms with van der Waals surface area (Å²) in [6.07, 6.45) is 0. The van der Waals surface area contributed by atoms with Crippen LogP contribution in [-0.4, -0.2) is 4.57 Å². The van der Waals surface area contributed by atoms with Crippen LogP contribution in [0.5, 0.6) is 0 Å².